The van der Waals surface area contributed by atoms with Gasteiger partial charge in [-0.05, 0) is 160 Å². The molecule has 1 saturated carbocycles. The fraction of sp³-hybridized carbons (Fsp3) is 0.375. The van der Waals surface area contributed by atoms with Crippen LogP contribution >= 0.6 is 11.3 Å². The molecule has 3 N–H and O–H groups in total. The van der Waals surface area contributed by atoms with Crippen molar-refractivity contribution >= 4 is 67.1 Å². The van der Waals surface area contributed by atoms with E-state index < -0.39 is 11.9 Å². The first-order valence-electron chi connectivity index (χ1n) is 25.1. The highest BCUT2D eigenvalue weighted by Gasteiger charge is 2.33. The highest BCUT2D eigenvalue weighted by atomic mass is 32.1. The maximum absolute atomic E-state index is 13.7. The van der Waals surface area contributed by atoms with Crippen molar-refractivity contribution in [1.29, 1.82) is 0 Å². The van der Waals surface area contributed by atoms with Crippen molar-refractivity contribution in [2.75, 3.05) is 36.4 Å². The van der Waals surface area contributed by atoms with E-state index in [1.807, 2.05) is 96.3 Å². The highest BCUT2D eigenvalue weighted by molar-refractivity contribution is 7.22. The smallest absolute Gasteiger partial charge is 0.355 e. The zero-order valence-electron chi connectivity index (χ0n) is 40.2. The number of piperidine rings is 1. The largest absolute Gasteiger partial charge is 0.490 e. The topological polar surface area (TPSA) is 172 Å². The Kier molecular flexibility index (Phi) is 12.9. The van der Waals surface area contributed by atoms with E-state index in [1.54, 1.807) is 0 Å². The summed E-state index contributed by atoms with van der Waals surface area (Å²) < 4.78 is 9.57. The molecule has 2 saturated heterocycles. The number of anilines is 2. The van der Waals surface area contributed by atoms with Crippen LogP contribution in [0.15, 0.2) is 91.0 Å². The summed E-state index contributed by atoms with van der Waals surface area (Å²) in [6, 6.07) is 29.8. The molecule has 364 valence electrons. The molecule has 0 unspecified atom stereocenters. The fourth-order valence-electron chi connectivity index (χ4n) is 11.5. The molecule has 11 rings (SSSR count). The summed E-state index contributed by atoms with van der Waals surface area (Å²) in [5, 5.41) is 22.3. The average Bonchev–Trinajstić information content (AvgIpc) is 4.11. The molecule has 2 atom stereocenters. The molecule has 4 aliphatic rings. The minimum absolute atomic E-state index is 0.0198. The maximum atomic E-state index is 13.7. The molecule has 71 heavy (non-hydrogen) atoms. The van der Waals surface area contributed by atoms with E-state index in [1.165, 1.54) is 29.7 Å². The van der Waals surface area contributed by atoms with Crippen molar-refractivity contribution in [3.63, 3.8) is 0 Å². The number of pyridine rings is 1. The molecule has 4 aromatic carbocycles. The Hall–Kier alpha value is -6.97. The van der Waals surface area contributed by atoms with Gasteiger partial charge in [0.2, 0.25) is 11.8 Å². The van der Waals surface area contributed by atoms with Crippen molar-refractivity contribution in [3.05, 3.63) is 130 Å². The van der Waals surface area contributed by atoms with E-state index in [9.17, 15) is 24.3 Å². The number of hydrogen-bond acceptors (Lipinski definition) is 11. The van der Waals surface area contributed by atoms with Gasteiger partial charge in [-0.3, -0.25) is 29.7 Å². The number of likely N-dealkylation sites (tertiary alicyclic amines) is 1. The first-order chi connectivity index (χ1) is 34.5. The third-order valence-corrected chi connectivity index (χ3v) is 16.4. The Morgan fingerprint density at radius 3 is 2.56 bits per heavy atom. The van der Waals surface area contributed by atoms with Crippen LogP contribution < -0.4 is 20.3 Å². The first kappa shape index (κ1) is 46.4. The monoisotopic (exact) mass is 970 g/mol. The lowest BCUT2D eigenvalue weighted by molar-refractivity contribution is -0.134. The van der Waals surface area contributed by atoms with Crippen molar-refractivity contribution in [2.45, 2.75) is 95.6 Å². The quantitative estimate of drug-likeness (QED) is 0.0940. The number of aromatic carboxylic acids is 1. The minimum atomic E-state index is -1.10. The van der Waals surface area contributed by atoms with Gasteiger partial charge >= 0.3 is 5.97 Å². The summed E-state index contributed by atoms with van der Waals surface area (Å²) in [7, 11) is 1.93. The van der Waals surface area contributed by atoms with Gasteiger partial charge in [-0.2, -0.15) is 5.10 Å². The Labute approximate surface area is 416 Å². The van der Waals surface area contributed by atoms with Gasteiger partial charge in [-0.25, -0.2) is 14.8 Å². The summed E-state index contributed by atoms with van der Waals surface area (Å²) in [5.74, 6) is 0.262. The summed E-state index contributed by atoms with van der Waals surface area (Å²) >= 11 is 1.44. The number of nitrogens with zero attached hydrogens (tertiary/aromatic N) is 6. The van der Waals surface area contributed by atoms with Gasteiger partial charge in [-0.1, -0.05) is 59.9 Å². The molecule has 0 bridgehead atoms. The number of carboxylic acids is 1. The van der Waals surface area contributed by atoms with Crippen LogP contribution in [0.25, 0.3) is 32.2 Å². The Morgan fingerprint density at radius 2 is 1.73 bits per heavy atom. The molecule has 0 radical (unpaired) electrons. The van der Waals surface area contributed by atoms with Crippen molar-refractivity contribution < 1.29 is 29.0 Å². The SMILES string of the molecule is Cc1c(OC2CCC(CCCN3CC[C@H](c4ccc5c([C@H]6CCC(=O)NC6=O)nn(C)c5c4)C3)CC2)cccc1-c1ccc(N2CCc3cccc(C(=O)Nc4nc5ccccc5s4)c3C2)nc1C(=O)O. The number of rotatable bonds is 13. The third kappa shape index (κ3) is 9.52. The van der Waals surface area contributed by atoms with E-state index in [4.69, 9.17) is 14.8 Å². The van der Waals surface area contributed by atoms with E-state index in [-0.39, 0.29) is 29.5 Å². The third-order valence-electron chi connectivity index (χ3n) is 15.4. The van der Waals surface area contributed by atoms with Gasteiger partial charge in [0.15, 0.2) is 10.8 Å². The van der Waals surface area contributed by atoms with Crippen LogP contribution in [0.1, 0.15) is 118 Å². The van der Waals surface area contributed by atoms with Crippen molar-refractivity contribution in [1.82, 2.24) is 30.0 Å². The predicted molar refractivity (Wildman–Crippen MR) is 275 cm³/mol. The summed E-state index contributed by atoms with van der Waals surface area (Å²) in [6.45, 7) is 6.27. The molecule has 3 amide bonds. The number of benzene rings is 4. The Balaban J connectivity index is 0.677. The van der Waals surface area contributed by atoms with Crippen LogP contribution in [0.4, 0.5) is 10.9 Å². The molecule has 3 aromatic heterocycles. The lowest BCUT2D eigenvalue weighted by atomic mass is 9.84. The highest BCUT2D eigenvalue weighted by Crippen LogP contribution is 2.39. The fourth-order valence-corrected chi connectivity index (χ4v) is 12.4. The molecule has 0 spiro atoms. The molecule has 3 aliphatic heterocycles. The second-order valence-corrected chi connectivity index (χ2v) is 20.9. The zero-order valence-corrected chi connectivity index (χ0v) is 41.0. The van der Waals surface area contributed by atoms with Gasteiger partial charge in [0, 0.05) is 49.6 Å². The van der Waals surface area contributed by atoms with Crippen LogP contribution in [0.5, 0.6) is 5.75 Å². The van der Waals surface area contributed by atoms with E-state index in [0.29, 0.717) is 66.3 Å². The van der Waals surface area contributed by atoms with Gasteiger partial charge in [0.1, 0.15) is 11.6 Å². The first-order valence-corrected chi connectivity index (χ1v) is 25.9. The molecule has 3 fully saturated rings. The van der Waals surface area contributed by atoms with Gasteiger partial charge in [0.25, 0.3) is 5.91 Å². The molecule has 1 aliphatic carbocycles. The number of hydrogen-bond donors (Lipinski definition) is 3. The number of carboxylic acid groups (broad SMARTS) is 1. The number of thiazole rings is 1. The summed E-state index contributed by atoms with van der Waals surface area (Å²) in [6.07, 6.45) is 9.36. The lowest BCUT2D eigenvalue weighted by Gasteiger charge is -2.31. The molecule has 15 heteroatoms. The molecular formula is C56H58N8O6S. The minimum Gasteiger partial charge on any atom is -0.490 e. The molecular weight excluding hydrogens is 913 g/mol. The standard InChI is InChI=1S/C56H58N8O6S/c1-33-39(40-21-23-49(58-52(40)55(68)69)64-29-26-35-9-5-11-41(44(35)32-64)53(66)60-56-57-45-12-3-4-14-48(45)71-56)10-6-13-47(33)70-38-18-15-34(16-19-38)8-7-27-63-28-25-37(31-63)36-17-20-42-46(30-36)62(2)61-51(42)43-22-24-50(65)59-54(43)67/h3-6,9-14,17,20-21,23,30,34,37-38,43H,7-8,15-16,18-19,22,24-29,31-32H2,1-2H3,(H,68,69)(H,57,60,66)(H,59,65,67)/t34?,37-,38?,43+/m0/s1. The second-order valence-electron chi connectivity index (χ2n) is 19.8. The summed E-state index contributed by atoms with van der Waals surface area (Å²) in [5.41, 5.74) is 8.69. The second kappa shape index (κ2) is 19.7. The Bertz CT molecular complexity index is 3180. The van der Waals surface area contributed by atoms with Gasteiger partial charge in [0.05, 0.1) is 33.4 Å². The normalized spacial score (nSPS) is 20.6. The Morgan fingerprint density at radius 1 is 0.887 bits per heavy atom. The zero-order chi connectivity index (χ0) is 48.8. The van der Waals surface area contributed by atoms with Gasteiger partial charge in [-0.15, -0.1) is 0 Å². The van der Waals surface area contributed by atoms with E-state index >= 15 is 0 Å². The summed E-state index contributed by atoms with van der Waals surface area (Å²) in [4.78, 5) is 64.9. The van der Waals surface area contributed by atoms with Crippen LogP contribution in [0.3, 0.4) is 0 Å². The maximum Gasteiger partial charge on any atom is 0.355 e. The number of nitrogens with one attached hydrogen (secondary N) is 2. The molecule has 6 heterocycles. The average molecular weight is 971 g/mol. The number of aromatic nitrogens is 4. The van der Waals surface area contributed by atoms with Crippen LogP contribution in [0, 0.1) is 12.8 Å². The number of imide groups is 1. The van der Waals surface area contributed by atoms with Gasteiger partial charge < -0.3 is 19.6 Å². The predicted octanol–water partition coefficient (Wildman–Crippen LogP) is 9.79. The lowest BCUT2D eigenvalue weighted by Crippen LogP contribution is -2.39. The number of amides is 3. The number of aryl methyl sites for hydroxylation is 1. The van der Waals surface area contributed by atoms with E-state index in [2.05, 4.69) is 38.7 Å². The van der Waals surface area contributed by atoms with Crippen LogP contribution in [-0.4, -0.2) is 85.7 Å². The van der Waals surface area contributed by atoms with E-state index in [0.717, 1.165) is 107 Å². The number of carbonyl (C=O) groups is 4. The molecule has 14 nitrogen and oxygen atoms in total. The van der Waals surface area contributed by atoms with Crippen LogP contribution in [0.2, 0.25) is 0 Å². The number of ether oxygens (including phenoxy) is 1. The molecule has 7 aromatic rings. The number of fused-ring (bicyclic) bond motifs is 3. The number of para-hydroxylation sites is 1. The van der Waals surface area contributed by atoms with Crippen LogP contribution in [-0.2, 0) is 29.6 Å². The van der Waals surface area contributed by atoms with Crippen molar-refractivity contribution in [2.24, 2.45) is 13.0 Å². The van der Waals surface area contributed by atoms with Crippen molar-refractivity contribution in [3.8, 4) is 16.9 Å². The number of carbonyl (C=O) groups excluding carboxylic acids is 3.